The van der Waals surface area contributed by atoms with Crippen LogP contribution in [0.1, 0.15) is 18.4 Å². The minimum absolute atomic E-state index is 0. The third kappa shape index (κ3) is 8.76. The van der Waals surface area contributed by atoms with Crippen LogP contribution in [0.4, 0.5) is 0 Å². The number of carbonyl (C=O) groups excluding carboxylic acids is 1. The van der Waals surface area contributed by atoms with Crippen LogP contribution in [0.15, 0.2) is 53.8 Å². The number of nitrogens with zero attached hydrogens (tertiary/aromatic N) is 2. The Balaban J connectivity index is 0.00000300. The molecular formula is C21H30IN5O2. The van der Waals surface area contributed by atoms with Crippen LogP contribution < -0.4 is 20.7 Å². The summed E-state index contributed by atoms with van der Waals surface area (Å²) in [6.07, 6.45) is 7.14. The van der Waals surface area contributed by atoms with Gasteiger partial charge >= 0.3 is 0 Å². The zero-order chi connectivity index (χ0) is 19.6. The molecule has 1 amide bonds. The summed E-state index contributed by atoms with van der Waals surface area (Å²) in [5.41, 5.74) is 1.20. The van der Waals surface area contributed by atoms with E-state index in [4.69, 9.17) is 4.74 Å². The normalized spacial score (nSPS) is 13.3. The van der Waals surface area contributed by atoms with Gasteiger partial charge in [-0.15, -0.1) is 24.0 Å². The number of aliphatic imine (C=N–C) groups is 1. The lowest BCUT2D eigenvalue weighted by Crippen LogP contribution is -2.39. The molecule has 1 aromatic carbocycles. The third-order valence-electron chi connectivity index (χ3n) is 4.49. The van der Waals surface area contributed by atoms with Crippen molar-refractivity contribution in [3.63, 3.8) is 0 Å². The summed E-state index contributed by atoms with van der Waals surface area (Å²) >= 11 is 0. The number of benzene rings is 1. The Morgan fingerprint density at radius 1 is 1.14 bits per heavy atom. The van der Waals surface area contributed by atoms with Crippen LogP contribution in [0.25, 0.3) is 0 Å². The van der Waals surface area contributed by atoms with Gasteiger partial charge in [-0.05, 0) is 49.1 Å². The van der Waals surface area contributed by atoms with E-state index in [2.05, 4.69) is 25.5 Å². The zero-order valence-electron chi connectivity index (χ0n) is 16.8. The fourth-order valence-electron chi connectivity index (χ4n) is 2.77. The van der Waals surface area contributed by atoms with Crippen molar-refractivity contribution < 1.29 is 9.53 Å². The molecule has 0 spiro atoms. The molecule has 0 unspecified atom stereocenters. The molecule has 0 bridgehead atoms. The molecule has 0 aliphatic heterocycles. The standard InChI is InChI=1S/C21H29N5O2.HI/c1-22-21(24-12-15-26-13-2-3-14-26)23-11-10-17-4-8-19(9-5-17)28-16-20(27)25-18-6-7-18;/h2-5,8-9,13-14,18H,6-7,10-12,15-16H2,1H3,(H,25,27)(H2,22,23,24);1H. The van der Waals surface area contributed by atoms with Gasteiger partial charge in [0.15, 0.2) is 12.6 Å². The second-order valence-electron chi connectivity index (χ2n) is 6.87. The summed E-state index contributed by atoms with van der Waals surface area (Å²) in [4.78, 5) is 15.9. The second kappa shape index (κ2) is 12.4. The van der Waals surface area contributed by atoms with Crippen molar-refractivity contribution in [1.82, 2.24) is 20.5 Å². The summed E-state index contributed by atoms with van der Waals surface area (Å²) in [6, 6.07) is 12.3. The number of amides is 1. The van der Waals surface area contributed by atoms with Crippen molar-refractivity contribution in [3.8, 4) is 5.75 Å². The molecule has 1 aromatic heterocycles. The highest BCUT2D eigenvalue weighted by atomic mass is 127. The molecule has 1 aliphatic rings. The largest absolute Gasteiger partial charge is 0.484 e. The molecular weight excluding hydrogens is 481 g/mol. The van der Waals surface area contributed by atoms with Crippen molar-refractivity contribution in [1.29, 1.82) is 0 Å². The molecule has 1 saturated carbocycles. The number of hydrogen-bond acceptors (Lipinski definition) is 3. The average Bonchev–Trinajstić information content (AvgIpc) is 3.37. The van der Waals surface area contributed by atoms with Gasteiger partial charge in [-0.1, -0.05) is 12.1 Å². The number of ether oxygens (including phenoxy) is 1. The zero-order valence-corrected chi connectivity index (χ0v) is 19.1. The molecule has 8 heteroatoms. The second-order valence-corrected chi connectivity index (χ2v) is 6.87. The van der Waals surface area contributed by atoms with Crippen LogP contribution in [0, 0.1) is 0 Å². The number of rotatable bonds is 10. The summed E-state index contributed by atoms with van der Waals surface area (Å²) in [6.45, 7) is 2.57. The van der Waals surface area contributed by atoms with E-state index in [9.17, 15) is 4.79 Å². The van der Waals surface area contributed by atoms with Gasteiger partial charge in [-0.25, -0.2) is 0 Å². The van der Waals surface area contributed by atoms with E-state index in [1.807, 2.05) is 48.8 Å². The van der Waals surface area contributed by atoms with E-state index in [1.54, 1.807) is 7.05 Å². The highest BCUT2D eigenvalue weighted by molar-refractivity contribution is 14.0. The Bertz CT molecular complexity index is 758. The molecule has 3 rings (SSSR count). The number of guanidine groups is 1. The van der Waals surface area contributed by atoms with Gasteiger partial charge in [-0.2, -0.15) is 0 Å². The molecule has 1 heterocycles. The number of carbonyl (C=O) groups is 1. The average molecular weight is 511 g/mol. The smallest absolute Gasteiger partial charge is 0.258 e. The van der Waals surface area contributed by atoms with Crippen LogP contribution in [0.3, 0.4) is 0 Å². The lowest BCUT2D eigenvalue weighted by molar-refractivity contribution is -0.123. The first-order valence-electron chi connectivity index (χ1n) is 9.79. The Morgan fingerprint density at radius 2 is 1.83 bits per heavy atom. The minimum Gasteiger partial charge on any atom is -0.484 e. The van der Waals surface area contributed by atoms with E-state index in [0.717, 1.165) is 44.9 Å². The van der Waals surface area contributed by atoms with Gasteiger partial charge in [0.25, 0.3) is 5.91 Å². The van der Waals surface area contributed by atoms with Crippen molar-refractivity contribution >= 4 is 35.8 Å². The number of hydrogen-bond donors (Lipinski definition) is 3. The molecule has 2 aromatic rings. The Morgan fingerprint density at radius 3 is 2.48 bits per heavy atom. The SMILES string of the molecule is CN=C(NCCc1ccc(OCC(=O)NC2CC2)cc1)NCCn1cccc1.I. The molecule has 3 N–H and O–H groups in total. The van der Waals surface area contributed by atoms with Gasteiger partial charge < -0.3 is 25.3 Å². The van der Waals surface area contributed by atoms with Crippen molar-refractivity contribution in [3.05, 3.63) is 54.4 Å². The van der Waals surface area contributed by atoms with Gasteiger partial charge in [0.05, 0.1) is 0 Å². The lowest BCUT2D eigenvalue weighted by atomic mass is 10.1. The predicted octanol–water partition coefficient (Wildman–Crippen LogP) is 2.17. The number of halogens is 1. The Kier molecular flexibility index (Phi) is 9.82. The van der Waals surface area contributed by atoms with Crippen LogP contribution in [0.2, 0.25) is 0 Å². The van der Waals surface area contributed by atoms with Gasteiger partial charge in [0.2, 0.25) is 0 Å². The highest BCUT2D eigenvalue weighted by Crippen LogP contribution is 2.18. The molecule has 7 nitrogen and oxygen atoms in total. The van der Waals surface area contributed by atoms with E-state index < -0.39 is 0 Å². The fourth-order valence-corrected chi connectivity index (χ4v) is 2.77. The van der Waals surface area contributed by atoms with E-state index in [1.165, 1.54) is 5.56 Å². The van der Waals surface area contributed by atoms with E-state index in [-0.39, 0.29) is 36.5 Å². The quantitative estimate of drug-likeness (QED) is 0.260. The molecule has 1 fully saturated rings. The number of nitrogens with one attached hydrogen (secondary N) is 3. The number of aromatic nitrogens is 1. The first kappa shape index (κ1) is 23.1. The van der Waals surface area contributed by atoms with E-state index in [0.29, 0.717) is 11.8 Å². The fraction of sp³-hybridized carbons (Fsp3) is 0.429. The topological polar surface area (TPSA) is 79.7 Å². The van der Waals surface area contributed by atoms with Crippen LogP contribution >= 0.6 is 24.0 Å². The van der Waals surface area contributed by atoms with Gasteiger partial charge in [-0.3, -0.25) is 9.79 Å². The first-order chi connectivity index (χ1) is 13.7. The lowest BCUT2D eigenvalue weighted by Gasteiger charge is -2.12. The summed E-state index contributed by atoms with van der Waals surface area (Å²) in [5.74, 6) is 1.46. The van der Waals surface area contributed by atoms with Crippen LogP contribution in [-0.2, 0) is 17.8 Å². The Labute approximate surface area is 189 Å². The van der Waals surface area contributed by atoms with Gasteiger partial charge in [0, 0.05) is 45.1 Å². The summed E-state index contributed by atoms with van der Waals surface area (Å²) in [7, 11) is 1.77. The van der Waals surface area contributed by atoms with Gasteiger partial charge in [0.1, 0.15) is 5.75 Å². The molecule has 0 radical (unpaired) electrons. The van der Waals surface area contributed by atoms with Crippen LogP contribution in [-0.4, -0.2) is 49.2 Å². The summed E-state index contributed by atoms with van der Waals surface area (Å²) < 4.78 is 7.65. The van der Waals surface area contributed by atoms with Crippen molar-refractivity contribution in [2.24, 2.45) is 4.99 Å². The van der Waals surface area contributed by atoms with Crippen LogP contribution in [0.5, 0.6) is 5.75 Å². The van der Waals surface area contributed by atoms with E-state index >= 15 is 0 Å². The first-order valence-corrected chi connectivity index (χ1v) is 9.79. The van der Waals surface area contributed by atoms with Crippen molar-refractivity contribution in [2.75, 3.05) is 26.7 Å². The minimum atomic E-state index is -0.0496. The predicted molar refractivity (Wildman–Crippen MR) is 126 cm³/mol. The summed E-state index contributed by atoms with van der Waals surface area (Å²) in [5, 5.41) is 9.54. The maximum atomic E-state index is 11.6. The maximum Gasteiger partial charge on any atom is 0.258 e. The molecule has 158 valence electrons. The molecule has 0 saturated heterocycles. The molecule has 1 aliphatic carbocycles. The van der Waals surface area contributed by atoms with Crippen molar-refractivity contribution in [2.45, 2.75) is 31.8 Å². The molecule has 0 atom stereocenters. The Hall–Kier alpha value is -2.23. The highest BCUT2D eigenvalue weighted by Gasteiger charge is 2.23. The third-order valence-corrected chi connectivity index (χ3v) is 4.49. The molecule has 29 heavy (non-hydrogen) atoms. The monoisotopic (exact) mass is 511 g/mol. The maximum absolute atomic E-state index is 11.6.